The van der Waals surface area contributed by atoms with Crippen LogP contribution in [0, 0.1) is 0 Å². The Bertz CT molecular complexity index is 846. The number of imidazole rings is 1. The Labute approximate surface area is 119 Å². The molecule has 0 bridgehead atoms. The third kappa shape index (κ3) is 1.90. The molecule has 0 spiro atoms. The molecule has 0 fully saturated rings. The maximum Gasteiger partial charge on any atom is 0.147 e. The van der Waals surface area contributed by atoms with Crippen molar-refractivity contribution in [2.45, 2.75) is 6.54 Å². The number of anilines is 1. The van der Waals surface area contributed by atoms with Crippen molar-refractivity contribution in [3.8, 4) is 0 Å². The van der Waals surface area contributed by atoms with Gasteiger partial charge in [0.25, 0.3) is 0 Å². The van der Waals surface area contributed by atoms with Crippen LogP contribution in [0.2, 0.25) is 0 Å². The standard InChI is InChI=1S/C14H11N5S/c1-2-5-19-8-10(18-12(19)3-1)7-15-14-13-11(4-6-20-13)16-9-17-14/h1-6,8-9H,7H2,(H,15,16,17). The minimum atomic E-state index is 0.645. The number of nitrogens with one attached hydrogen (secondary N) is 1. The molecule has 0 radical (unpaired) electrons. The van der Waals surface area contributed by atoms with Crippen LogP contribution in [0.5, 0.6) is 0 Å². The highest BCUT2D eigenvalue weighted by atomic mass is 32.1. The van der Waals surface area contributed by atoms with Crippen LogP contribution in [0.25, 0.3) is 15.9 Å². The molecule has 1 N–H and O–H groups in total. The molecule has 0 atom stereocenters. The van der Waals surface area contributed by atoms with E-state index < -0.39 is 0 Å². The first kappa shape index (κ1) is 11.4. The van der Waals surface area contributed by atoms with Gasteiger partial charge >= 0.3 is 0 Å². The molecule has 4 rings (SSSR count). The number of aromatic nitrogens is 4. The van der Waals surface area contributed by atoms with E-state index >= 15 is 0 Å². The van der Waals surface area contributed by atoms with E-state index in [0.29, 0.717) is 6.54 Å². The van der Waals surface area contributed by atoms with Gasteiger partial charge in [0.05, 0.1) is 22.5 Å². The summed E-state index contributed by atoms with van der Waals surface area (Å²) in [5.74, 6) is 0.863. The molecule has 0 amide bonds. The smallest absolute Gasteiger partial charge is 0.147 e. The summed E-state index contributed by atoms with van der Waals surface area (Å²) >= 11 is 1.64. The zero-order valence-corrected chi connectivity index (χ0v) is 11.3. The highest BCUT2D eigenvalue weighted by Gasteiger charge is 2.06. The van der Waals surface area contributed by atoms with E-state index in [1.165, 1.54) is 0 Å². The number of hydrogen-bond donors (Lipinski definition) is 1. The van der Waals surface area contributed by atoms with E-state index in [9.17, 15) is 0 Å². The molecule has 0 saturated carbocycles. The van der Waals surface area contributed by atoms with Crippen molar-refractivity contribution in [1.29, 1.82) is 0 Å². The van der Waals surface area contributed by atoms with Gasteiger partial charge in [-0.1, -0.05) is 6.07 Å². The van der Waals surface area contributed by atoms with Gasteiger partial charge in [-0.25, -0.2) is 15.0 Å². The Hall–Kier alpha value is -2.47. The predicted octanol–water partition coefficient (Wildman–Crippen LogP) is 2.95. The first-order valence-electron chi connectivity index (χ1n) is 6.25. The number of nitrogens with zero attached hydrogens (tertiary/aromatic N) is 4. The Morgan fingerprint density at radius 1 is 1.20 bits per heavy atom. The van der Waals surface area contributed by atoms with E-state index in [1.807, 2.05) is 46.4 Å². The van der Waals surface area contributed by atoms with Gasteiger partial charge in [-0.05, 0) is 23.6 Å². The fraction of sp³-hybridized carbons (Fsp3) is 0.0714. The van der Waals surface area contributed by atoms with E-state index in [4.69, 9.17) is 0 Å². The largest absolute Gasteiger partial charge is 0.363 e. The topological polar surface area (TPSA) is 55.1 Å². The zero-order chi connectivity index (χ0) is 13.4. The third-order valence-corrected chi connectivity index (χ3v) is 4.00. The first-order chi connectivity index (χ1) is 9.90. The lowest BCUT2D eigenvalue weighted by molar-refractivity contribution is 1.06. The Kier molecular flexibility index (Phi) is 2.60. The summed E-state index contributed by atoms with van der Waals surface area (Å²) in [6.45, 7) is 0.645. The molecule has 6 heteroatoms. The summed E-state index contributed by atoms with van der Waals surface area (Å²) in [5.41, 5.74) is 2.91. The van der Waals surface area contributed by atoms with Crippen LogP contribution in [0.15, 0.2) is 48.4 Å². The van der Waals surface area contributed by atoms with Crippen molar-refractivity contribution in [3.63, 3.8) is 0 Å². The minimum Gasteiger partial charge on any atom is -0.363 e. The zero-order valence-electron chi connectivity index (χ0n) is 10.5. The second kappa shape index (κ2) is 4.57. The maximum absolute atomic E-state index is 4.56. The van der Waals surface area contributed by atoms with Crippen LogP contribution in [0.3, 0.4) is 0 Å². The van der Waals surface area contributed by atoms with Gasteiger partial charge < -0.3 is 9.72 Å². The van der Waals surface area contributed by atoms with Crippen molar-refractivity contribution < 1.29 is 0 Å². The average Bonchev–Trinajstić information content (AvgIpc) is 3.11. The van der Waals surface area contributed by atoms with Crippen LogP contribution in [-0.2, 0) is 6.54 Å². The highest BCUT2D eigenvalue weighted by Crippen LogP contribution is 2.25. The number of fused-ring (bicyclic) bond motifs is 2. The molecule has 0 aliphatic rings. The number of rotatable bonds is 3. The van der Waals surface area contributed by atoms with Crippen molar-refractivity contribution in [3.05, 3.63) is 54.1 Å². The lowest BCUT2D eigenvalue weighted by atomic mass is 10.4. The Morgan fingerprint density at radius 3 is 3.15 bits per heavy atom. The molecule has 20 heavy (non-hydrogen) atoms. The molecule has 4 aromatic heterocycles. The highest BCUT2D eigenvalue weighted by molar-refractivity contribution is 7.17. The molecular weight excluding hydrogens is 270 g/mol. The molecule has 4 heterocycles. The fourth-order valence-electron chi connectivity index (χ4n) is 2.16. The molecule has 0 aliphatic heterocycles. The molecular formula is C14H11N5S. The van der Waals surface area contributed by atoms with Crippen molar-refractivity contribution >= 4 is 33.0 Å². The van der Waals surface area contributed by atoms with Gasteiger partial charge in [-0.3, -0.25) is 0 Å². The summed E-state index contributed by atoms with van der Waals surface area (Å²) in [4.78, 5) is 13.1. The number of hydrogen-bond acceptors (Lipinski definition) is 5. The van der Waals surface area contributed by atoms with Crippen LogP contribution in [0.1, 0.15) is 5.69 Å². The molecule has 0 unspecified atom stereocenters. The van der Waals surface area contributed by atoms with Gasteiger partial charge in [-0.2, -0.15) is 0 Å². The second-order valence-corrected chi connectivity index (χ2v) is 5.33. The summed E-state index contributed by atoms with van der Waals surface area (Å²) in [6, 6.07) is 7.97. The predicted molar refractivity (Wildman–Crippen MR) is 79.9 cm³/mol. The van der Waals surface area contributed by atoms with E-state index in [-0.39, 0.29) is 0 Å². The van der Waals surface area contributed by atoms with Gasteiger partial charge in [0.1, 0.15) is 17.8 Å². The minimum absolute atomic E-state index is 0.645. The molecule has 98 valence electrons. The third-order valence-electron chi connectivity index (χ3n) is 3.09. The molecule has 0 aromatic carbocycles. The summed E-state index contributed by atoms with van der Waals surface area (Å²) in [6.07, 6.45) is 5.60. The summed E-state index contributed by atoms with van der Waals surface area (Å²) < 4.78 is 3.09. The fourth-order valence-corrected chi connectivity index (χ4v) is 2.97. The lowest BCUT2D eigenvalue weighted by Gasteiger charge is -2.03. The SMILES string of the molecule is c1ccn2cc(CNc3ncnc4ccsc34)nc2c1. The Morgan fingerprint density at radius 2 is 2.20 bits per heavy atom. The molecule has 0 aliphatic carbocycles. The summed E-state index contributed by atoms with van der Waals surface area (Å²) in [5, 5.41) is 5.36. The van der Waals surface area contributed by atoms with Crippen LogP contribution < -0.4 is 5.32 Å². The average molecular weight is 281 g/mol. The van der Waals surface area contributed by atoms with E-state index in [1.54, 1.807) is 17.7 Å². The van der Waals surface area contributed by atoms with Gasteiger partial charge in [0, 0.05) is 12.4 Å². The van der Waals surface area contributed by atoms with Crippen LogP contribution in [0.4, 0.5) is 5.82 Å². The number of thiophene rings is 1. The first-order valence-corrected chi connectivity index (χ1v) is 7.13. The van der Waals surface area contributed by atoms with E-state index in [0.717, 1.165) is 27.4 Å². The summed E-state index contributed by atoms with van der Waals surface area (Å²) in [7, 11) is 0. The lowest BCUT2D eigenvalue weighted by Crippen LogP contribution is -2.01. The maximum atomic E-state index is 4.56. The second-order valence-electron chi connectivity index (χ2n) is 4.41. The normalized spacial score (nSPS) is 11.2. The van der Waals surface area contributed by atoms with Gasteiger partial charge in [0.2, 0.25) is 0 Å². The molecule has 5 nitrogen and oxygen atoms in total. The molecule has 4 aromatic rings. The molecule has 0 saturated heterocycles. The van der Waals surface area contributed by atoms with Crippen LogP contribution >= 0.6 is 11.3 Å². The van der Waals surface area contributed by atoms with Gasteiger partial charge in [-0.15, -0.1) is 11.3 Å². The van der Waals surface area contributed by atoms with Crippen molar-refractivity contribution in [1.82, 2.24) is 19.4 Å². The Balaban J connectivity index is 1.62. The van der Waals surface area contributed by atoms with Crippen molar-refractivity contribution in [2.24, 2.45) is 0 Å². The van der Waals surface area contributed by atoms with E-state index in [2.05, 4.69) is 20.3 Å². The number of pyridine rings is 1. The van der Waals surface area contributed by atoms with Crippen LogP contribution in [-0.4, -0.2) is 19.4 Å². The quantitative estimate of drug-likeness (QED) is 0.627. The monoisotopic (exact) mass is 281 g/mol. The van der Waals surface area contributed by atoms with Gasteiger partial charge in [0.15, 0.2) is 0 Å². The van der Waals surface area contributed by atoms with Crippen molar-refractivity contribution in [2.75, 3.05) is 5.32 Å².